The molecule has 0 spiro atoms. The fourth-order valence-electron chi connectivity index (χ4n) is 3.01. The van der Waals surface area contributed by atoms with Crippen molar-refractivity contribution in [3.05, 3.63) is 94.7 Å². The fourth-order valence-corrected chi connectivity index (χ4v) is 4.21. The first-order chi connectivity index (χ1) is 16.0. The number of hydrogen-bond donors (Lipinski definition) is 1. The van der Waals surface area contributed by atoms with E-state index in [-0.39, 0.29) is 12.5 Å². The number of halogens is 2. The molecule has 9 heteroatoms. The second-order valence-electron chi connectivity index (χ2n) is 7.07. The SMILES string of the molecule is C[C@@H](Sc1nnc(COc2ccccc2)n1-c1ccc(Cl)cc1)C(=O)Nc1cccc(Cl)c1. The van der Waals surface area contributed by atoms with Gasteiger partial charge < -0.3 is 10.1 Å². The molecule has 168 valence electrons. The van der Waals surface area contributed by atoms with Gasteiger partial charge in [0.05, 0.1) is 5.25 Å². The van der Waals surface area contributed by atoms with Gasteiger partial charge in [0.25, 0.3) is 0 Å². The minimum absolute atomic E-state index is 0.171. The summed E-state index contributed by atoms with van der Waals surface area (Å²) >= 11 is 13.4. The molecule has 0 aliphatic carbocycles. The van der Waals surface area contributed by atoms with Crippen LogP contribution in [0.15, 0.2) is 84.0 Å². The fraction of sp³-hybridized carbons (Fsp3) is 0.125. The second kappa shape index (κ2) is 10.7. The Labute approximate surface area is 205 Å². The molecule has 0 aliphatic rings. The summed E-state index contributed by atoms with van der Waals surface area (Å²) in [5.74, 6) is 1.16. The molecular weight excluding hydrogens is 479 g/mol. The number of carbonyl (C=O) groups excluding carboxylic acids is 1. The zero-order valence-electron chi connectivity index (χ0n) is 17.6. The molecule has 0 unspecified atom stereocenters. The van der Waals surface area contributed by atoms with E-state index in [0.717, 1.165) is 11.4 Å². The maximum absolute atomic E-state index is 12.8. The highest BCUT2D eigenvalue weighted by Crippen LogP contribution is 2.28. The number of hydrogen-bond acceptors (Lipinski definition) is 5. The van der Waals surface area contributed by atoms with Crippen LogP contribution in [-0.4, -0.2) is 25.9 Å². The van der Waals surface area contributed by atoms with E-state index in [1.165, 1.54) is 11.8 Å². The molecular formula is C24H20Cl2N4O2S. The van der Waals surface area contributed by atoms with E-state index in [2.05, 4.69) is 15.5 Å². The largest absolute Gasteiger partial charge is 0.486 e. The highest BCUT2D eigenvalue weighted by atomic mass is 35.5. The molecule has 6 nitrogen and oxygen atoms in total. The van der Waals surface area contributed by atoms with Crippen molar-refractivity contribution in [2.24, 2.45) is 0 Å². The van der Waals surface area contributed by atoms with Gasteiger partial charge in [0, 0.05) is 21.4 Å². The summed E-state index contributed by atoms with van der Waals surface area (Å²) in [6.45, 7) is 2.02. The van der Waals surface area contributed by atoms with Crippen molar-refractivity contribution in [3.8, 4) is 11.4 Å². The van der Waals surface area contributed by atoms with Gasteiger partial charge in [-0.15, -0.1) is 10.2 Å². The number of para-hydroxylation sites is 1. The van der Waals surface area contributed by atoms with Crippen LogP contribution in [0.3, 0.4) is 0 Å². The molecule has 1 amide bonds. The smallest absolute Gasteiger partial charge is 0.237 e. The van der Waals surface area contributed by atoms with Crippen LogP contribution in [0.5, 0.6) is 5.75 Å². The van der Waals surface area contributed by atoms with Gasteiger partial charge in [0.2, 0.25) is 5.91 Å². The van der Waals surface area contributed by atoms with Crippen LogP contribution >= 0.6 is 35.0 Å². The zero-order chi connectivity index (χ0) is 23.2. The lowest BCUT2D eigenvalue weighted by atomic mass is 10.3. The Morgan fingerprint density at radius 3 is 2.48 bits per heavy atom. The third kappa shape index (κ3) is 6.07. The summed E-state index contributed by atoms with van der Waals surface area (Å²) in [6.07, 6.45) is 0. The van der Waals surface area contributed by atoms with E-state index in [4.69, 9.17) is 27.9 Å². The van der Waals surface area contributed by atoms with Crippen LogP contribution in [-0.2, 0) is 11.4 Å². The van der Waals surface area contributed by atoms with Crippen LogP contribution < -0.4 is 10.1 Å². The average molecular weight is 499 g/mol. The monoisotopic (exact) mass is 498 g/mol. The highest BCUT2D eigenvalue weighted by molar-refractivity contribution is 8.00. The van der Waals surface area contributed by atoms with Crippen molar-refractivity contribution in [2.45, 2.75) is 23.9 Å². The molecule has 33 heavy (non-hydrogen) atoms. The van der Waals surface area contributed by atoms with E-state index in [0.29, 0.717) is 26.7 Å². The summed E-state index contributed by atoms with van der Waals surface area (Å²) < 4.78 is 7.75. The van der Waals surface area contributed by atoms with Gasteiger partial charge in [-0.2, -0.15) is 0 Å². The summed E-state index contributed by atoms with van der Waals surface area (Å²) in [4.78, 5) is 12.8. The molecule has 0 aliphatic heterocycles. The summed E-state index contributed by atoms with van der Waals surface area (Å²) in [7, 11) is 0. The molecule has 3 aromatic carbocycles. The van der Waals surface area contributed by atoms with Crippen molar-refractivity contribution >= 4 is 46.6 Å². The number of anilines is 1. The van der Waals surface area contributed by atoms with Crippen LogP contribution in [0.4, 0.5) is 5.69 Å². The number of nitrogens with one attached hydrogen (secondary N) is 1. The predicted octanol–water partition coefficient (Wildman–Crippen LogP) is 6.27. The Balaban J connectivity index is 1.55. The molecule has 1 N–H and O–H groups in total. The molecule has 1 atom stereocenters. The molecule has 0 radical (unpaired) electrons. The number of aromatic nitrogens is 3. The van der Waals surface area contributed by atoms with Crippen molar-refractivity contribution in [3.63, 3.8) is 0 Å². The van der Waals surface area contributed by atoms with Gasteiger partial charge in [0.15, 0.2) is 11.0 Å². The van der Waals surface area contributed by atoms with Crippen molar-refractivity contribution in [1.82, 2.24) is 14.8 Å². The number of benzene rings is 3. The van der Waals surface area contributed by atoms with E-state index < -0.39 is 5.25 Å². The van der Waals surface area contributed by atoms with E-state index in [1.54, 1.807) is 36.4 Å². The minimum Gasteiger partial charge on any atom is -0.486 e. The van der Waals surface area contributed by atoms with Crippen molar-refractivity contribution < 1.29 is 9.53 Å². The lowest BCUT2D eigenvalue weighted by molar-refractivity contribution is -0.115. The normalized spacial score (nSPS) is 11.7. The predicted molar refractivity (Wildman–Crippen MR) is 133 cm³/mol. The molecule has 4 rings (SSSR count). The van der Waals surface area contributed by atoms with Gasteiger partial charge in [-0.25, -0.2) is 0 Å². The highest BCUT2D eigenvalue weighted by Gasteiger charge is 2.22. The van der Waals surface area contributed by atoms with Gasteiger partial charge in [0.1, 0.15) is 12.4 Å². The standard InChI is InChI=1S/C24H20Cl2N4O2S/c1-16(23(31)27-19-7-5-6-18(26)14-19)33-24-29-28-22(15-32-21-8-3-2-4-9-21)30(24)20-12-10-17(25)11-13-20/h2-14,16H,15H2,1H3,(H,27,31)/t16-/m1/s1. The zero-order valence-corrected chi connectivity index (χ0v) is 19.9. The van der Waals surface area contributed by atoms with Crippen molar-refractivity contribution in [1.29, 1.82) is 0 Å². The third-order valence-electron chi connectivity index (χ3n) is 4.64. The van der Waals surface area contributed by atoms with Gasteiger partial charge in [-0.05, 0) is 61.5 Å². The maximum atomic E-state index is 12.8. The molecule has 1 aromatic heterocycles. The Kier molecular flexibility index (Phi) is 7.54. The summed E-state index contributed by atoms with van der Waals surface area (Å²) in [5.41, 5.74) is 1.46. The second-order valence-corrected chi connectivity index (χ2v) is 9.25. The Bertz CT molecular complexity index is 1230. The van der Waals surface area contributed by atoms with E-state index >= 15 is 0 Å². The third-order valence-corrected chi connectivity index (χ3v) is 6.17. The van der Waals surface area contributed by atoms with Gasteiger partial charge in [-0.3, -0.25) is 9.36 Å². The quantitative estimate of drug-likeness (QED) is 0.289. The first-order valence-corrected chi connectivity index (χ1v) is 11.7. The number of thioether (sulfide) groups is 1. The van der Waals surface area contributed by atoms with E-state index in [1.807, 2.05) is 54.0 Å². The molecule has 0 saturated heterocycles. The number of amides is 1. The number of ether oxygens (including phenoxy) is 1. The number of carbonyl (C=O) groups is 1. The van der Waals surface area contributed by atoms with Gasteiger partial charge in [-0.1, -0.05) is 59.2 Å². The first kappa shape index (κ1) is 23.2. The molecule has 0 bridgehead atoms. The van der Waals surface area contributed by atoms with Crippen LogP contribution in [0.1, 0.15) is 12.7 Å². The number of nitrogens with zero attached hydrogens (tertiary/aromatic N) is 3. The number of rotatable bonds is 8. The lowest BCUT2D eigenvalue weighted by Gasteiger charge is -2.14. The van der Waals surface area contributed by atoms with Gasteiger partial charge >= 0.3 is 0 Å². The van der Waals surface area contributed by atoms with Crippen LogP contribution in [0, 0.1) is 0 Å². The van der Waals surface area contributed by atoms with Crippen molar-refractivity contribution in [2.75, 3.05) is 5.32 Å². The van der Waals surface area contributed by atoms with E-state index in [9.17, 15) is 4.79 Å². The topological polar surface area (TPSA) is 69.0 Å². The average Bonchev–Trinajstić information content (AvgIpc) is 3.21. The first-order valence-electron chi connectivity index (χ1n) is 10.1. The Morgan fingerprint density at radius 1 is 1.00 bits per heavy atom. The van der Waals surface area contributed by atoms with Crippen LogP contribution in [0.2, 0.25) is 10.0 Å². The maximum Gasteiger partial charge on any atom is 0.237 e. The van der Waals surface area contributed by atoms with Crippen LogP contribution in [0.25, 0.3) is 5.69 Å². The molecule has 0 fully saturated rings. The lowest BCUT2D eigenvalue weighted by Crippen LogP contribution is -2.23. The summed E-state index contributed by atoms with van der Waals surface area (Å²) in [6, 6.07) is 23.8. The summed E-state index contributed by atoms with van der Waals surface area (Å²) in [5, 5.41) is 12.8. The Hall–Kier alpha value is -3.00. The molecule has 4 aromatic rings. The molecule has 1 heterocycles. The molecule has 0 saturated carbocycles. The minimum atomic E-state index is -0.442. The Morgan fingerprint density at radius 2 is 1.76 bits per heavy atom.